The van der Waals surface area contributed by atoms with Gasteiger partial charge in [-0.25, -0.2) is 14.2 Å². The van der Waals surface area contributed by atoms with Gasteiger partial charge in [-0.2, -0.15) is 0 Å². The van der Waals surface area contributed by atoms with Gasteiger partial charge in [-0.3, -0.25) is 19.5 Å². The van der Waals surface area contributed by atoms with E-state index >= 15 is 0 Å². The van der Waals surface area contributed by atoms with Gasteiger partial charge < -0.3 is 5.32 Å². The molecule has 7 nitrogen and oxygen atoms in total. The van der Waals surface area contributed by atoms with E-state index in [-0.39, 0.29) is 24.0 Å². The fraction of sp³-hybridized carbons (Fsp3) is 0.300. The first-order valence-electron chi connectivity index (χ1n) is 9.34. The monoisotopic (exact) mass is 414 g/mol. The number of carbonyl (C=O) groups is 2. The molecule has 1 aliphatic rings. The number of nitrogens with one attached hydrogen (secondary N) is 2. The summed E-state index contributed by atoms with van der Waals surface area (Å²) in [6.45, 7) is -0.321. The number of hydrogen-bond donors (Lipinski definition) is 2. The number of nitrogens with zero attached hydrogens (tertiary/aromatic N) is 2. The Bertz CT molecular complexity index is 1120. The Morgan fingerprint density at radius 1 is 1.21 bits per heavy atom. The molecule has 0 spiro atoms. The van der Waals surface area contributed by atoms with Gasteiger partial charge in [0, 0.05) is 17.0 Å². The van der Waals surface area contributed by atoms with Crippen LogP contribution in [0.4, 0.5) is 9.18 Å². The maximum atomic E-state index is 13.2. The van der Waals surface area contributed by atoms with E-state index in [1.54, 1.807) is 17.5 Å². The number of carbonyl (C=O) groups excluding carboxylic acids is 2. The second kappa shape index (κ2) is 8.12. The molecule has 0 saturated heterocycles. The molecule has 1 aliphatic carbocycles. The van der Waals surface area contributed by atoms with Crippen LogP contribution in [0.25, 0.3) is 21.3 Å². The van der Waals surface area contributed by atoms with Gasteiger partial charge in [0.2, 0.25) is 5.91 Å². The van der Waals surface area contributed by atoms with Crippen molar-refractivity contribution < 1.29 is 14.0 Å². The largest absolute Gasteiger partial charge is 0.335 e. The highest BCUT2D eigenvalue weighted by Gasteiger charge is 2.19. The van der Waals surface area contributed by atoms with E-state index in [9.17, 15) is 18.8 Å². The van der Waals surface area contributed by atoms with Crippen LogP contribution in [0.15, 0.2) is 40.8 Å². The van der Waals surface area contributed by atoms with Crippen molar-refractivity contribution in [3.8, 4) is 11.1 Å². The number of aromatic nitrogens is 2. The summed E-state index contributed by atoms with van der Waals surface area (Å²) in [4.78, 5) is 41.9. The highest BCUT2D eigenvalue weighted by molar-refractivity contribution is 7.17. The zero-order valence-electron chi connectivity index (χ0n) is 15.5. The lowest BCUT2D eigenvalue weighted by Gasteiger charge is -2.12. The van der Waals surface area contributed by atoms with E-state index in [1.165, 1.54) is 34.4 Å². The minimum absolute atomic E-state index is 0.0904. The summed E-state index contributed by atoms with van der Waals surface area (Å²) in [5, 5.41) is 7.18. The lowest BCUT2D eigenvalue weighted by molar-refractivity contribution is -0.120. The molecule has 0 bridgehead atoms. The van der Waals surface area contributed by atoms with Crippen molar-refractivity contribution in [3.05, 3.63) is 52.1 Å². The molecule has 3 aromatic rings. The number of fused-ring (bicyclic) bond motifs is 1. The maximum absolute atomic E-state index is 13.2. The molecular weight excluding hydrogens is 395 g/mol. The lowest BCUT2D eigenvalue weighted by Crippen LogP contribution is -2.45. The smallest absolute Gasteiger partial charge is 0.321 e. The summed E-state index contributed by atoms with van der Waals surface area (Å²) in [6, 6.07) is 5.37. The number of halogens is 1. The molecule has 1 aromatic carbocycles. The molecule has 4 rings (SSSR count). The van der Waals surface area contributed by atoms with Crippen molar-refractivity contribution in [2.75, 3.05) is 0 Å². The fourth-order valence-corrected chi connectivity index (χ4v) is 4.44. The number of amides is 3. The topological polar surface area (TPSA) is 93.1 Å². The molecule has 2 heterocycles. The van der Waals surface area contributed by atoms with Crippen LogP contribution in [0.1, 0.15) is 25.7 Å². The lowest BCUT2D eigenvalue weighted by atomic mass is 10.1. The minimum Gasteiger partial charge on any atom is -0.335 e. The standard InChI is InChI=1S/C20H19FN4O3S/c21-13-7-5-12(6-8-13)15-10-29-18-17(15)19(27)25(11-22-18)9-16(26)24-20(28)23-14-3-1-2-4-14/h5-8,10-11,14H,1-4,9H2,(H2,23,24,26,28). The molecule has 0 radical (unpaired) electrons. The number of benzene rings is 1. The van der Waals surface area contributed by atoms with E-state index < -0.39 is 11.9 Å². The molecule has 2 N–H and O–H groups in total. The van der Waals surface area contributed by atoms with Crippen LogP contribution < -0.4 is 16.2 Å². The quantitative estimate of drug-likeness (QED) is 0.686. The molecule has 0 atom stereocenters. The highest BCUT2D eigenvalue weighted by Crippen LogP contribution is 2.30. The summed E-state index contributed by atoms with van der Waals surface area (Å²) < 4.78 is 14.4. The van der Waals surface area contributed by atoms with Crippen molar-refractivity contribution in [2.24, 2.45) is 0 Å². The molecule has 3 amide bonds. The van der Waals surface area contributed by atoms with Gasteiger partial charge in [0.1, 0.15) is 17.2 Å². The van der Waals surface area contributed by atoms with Crippen LogP contribution in [0.2, 0.25) is 0 Å². The second-order valence-electron chi connectivity index (χ2n) is 7.02. The number of thiophene rings is 1. The van der Waals surface area contributed by atoms with Crippen LogP contribution in [-0.4, -0.2) is 27.5 Å². The molecule has 1 fully saturated rings. The Kier molecular flexibility index (Phi) is 5.39. The average Bonchev–Trinajstić information content (AvgIpc) is 3.34. The van der Waals surface area contributed by atoms with Crippen LogP contribution in [0.5, 0.6) is 0 Å². The third-order valence-electron chi connectivity index (χ3n) is 4.97. The molecule has 150 valence electrons. The first-order chi connectivity index (χ1) is 14.0. The SMILES string of the molecule is O=C(Cn1cnc2scc(-c3ccc(F)cc3)c2c1=O)NC(=O)NC1CCCC1. The molecule has 9 heteroatoms. The zero-order valence-corrected chi connectivity index (χ0v) is 16.3. The van der Waals surface area contributed by atoms with Gasteiger partial charge in [-0.15, -0.1) is 11.3 Å². The van der Waals surface area contributed by atoms with Crippen LogP contribution in [-0.2, 0) is 11.3 Å². The molecule has 29 heavy (non-hydrogen) atoms. The maximum Gasteiger partial charge on any atom is 0.321 e. The predicted molar refractivity (Wildman–Crippen MR) is 108 cm³/mol. The fourth-order valence-electron chi connectivity index (χ4n) is 3.53. The van der Waals surface area contributed by atoms with Gasteiger partial charge in [-0.05, 0) is 30.5 Å². The number of imide groups is 1. The molecule has 0 aliphatic heterocycles. The molecule has 0 unspecified atom stereocenters. The molecule has 1 saturated carbocycles. The summed E-state index contributed by atoms with van der Waals surface area (Å²) in [7, 11) is 0. The number of hydrogen-bond acceptors (Lipinski definition) is 5. The van der Waals surface area contributed by atoms with Gasteiger partial charge in [0.15, 0.2) is 0 Å². The van der Waals surface area contributed by atoms with E-state index in [0.29, 0.717) is 21.3 Å². The van der Waals surface area contributed by atoms with Crippen LogP contribution in [0, 0.1) is 5.82 Å². The Balaban J connectivity index is 1.53. The normalized spacial score (nSPS) is 14.2. The van der Waals surface area contributed by atoms with Gasteiger partial charge in [0.25, 0.3) is 5.56 Å². The molecule has 2 aromatic heterocycles. The van der Waals surface area contributed by atoms with E-state index in [2.05, 4.69) is 15.6 Å². The Morgan fingerprint density at radius 2 is 1.93 bits per heavy atom. The van der Waals surface area contributed by atoms with Crippen molar-refractivity contribution >= 4 is 33.5 Å². The summed E-state index contributed by atoms with van der Waals surface area (Å²) in [5.74, 6) is -0.960. The minimum atomic E-state index is -0.595. The van der Waals surface area contributed by atoms with E-state index in [1.807, 2.05) is 0 Å². The summed E-state index contributed by atoms with van der Waals surface area (Å²) >= 11 is 1.30. The van der Waals surface area contributed by atoms with Crippen molar-refractivity contribution in [1.82, 2.24) is 20.2 Å². The van der Waals surface area contributed by atoms with Crippen molar-refractivity contribution in [2.45, 2.75) is 38.3 Å². The van der Waals surface area contributed by atoms with E-state index in [0.717, 1.165) is 25.7 Å². The Labute approximate surface area is 169 Å². The van der Waals surface area contributed by atoms with Crippen LogP contribution >= 0.6 is 11.3 Å². The zero-order chi connectivity index (χ0) is 20.4. The predicted octanol–water partition coefficient (Wildman–Crippen LogP) is 3.03. The Hall–Kier alpha value is -3.07. The average molecular weight is 414 g/mol. The van der Waals surface area contributed by atoms with Gasteiger partial charge >= 0.3 is 6.03 Å². The third kappa shape index (κ3) is 4.19. The summed E-state index contributed by atoms with van der Waals surface area (Å²) in [5.41, 5.74) is 0.938. The van der Waals surface area contributed by atoms with Crippen molar-refractivity contribution in [3.63, 3.8) is 0 Å². The number of rotatable bonds is 4. The van der Waals surface area contributed by atoms with Crippen LogP contribution in [0.3, 0.4) is 0 Å². The molecular formula is C20H19FN4O3S. The highest BCUT2D eigenvalue weighted by atomic mass is 32.1. The third-order valence-corrected chi connectivity index (χ3v) is 5.86. The first kappa shape index (κ1) is 19.3. The van der Waals surface area contributed by atoms with E-state index in [4.69, 9.17) is 0 Å². The Morgan fingerprint density at radius 3 is 2.66 bits per heavy atom. The first-order valence-corrected chi connectivity index (χ1v) is 10.2. The van der Waals surface area contributed by atoms with Gasteiger partial charge in [0.05, 0.1) is 11.7 Å². The summed E-state index contributed by atoms with van der Waals surface area (Å²) in [6.07, 6.45) is 5.25. The number of urea groups is 1. The second-order valence-corrected chi connectivity index (χ2v) is 7.88. The van der Waals surface area contributed by atoms with Gasteiger partial charge in [-0.1, -0.05) is 25.0 Å². The van der Waals surface area contributed by atoms with Crippen molar-refractivity contribution in [1.29, 1.82) is 0 Å².